The molecule has 2 aliphatic heterocycles. The first-order valence-corrected chi connectivity index (χ1v) is 7.14. The summed E-state index contributed by atoms with van der Waals surface area (Å²) in [6, 6.07) is 0. The van der Waals surface area contributed by atoms with E-state index in [4.69, 9.17) is 4.52 Å². The van der Waals surface area contributed by atoms with Gasteiger partial charge in [0, 0.05) is 12.5 Å². The summed E-state index contributed by atoms with van der Waals surface area (Å²) < 4.78 is 5.41. The lowest BCUT2D eigenvalue weighted by Gasteiger charge is -2.16. The number of nitrogens with zero attached hydrogens (tertiary/aromatic N) is 2. The van der Waals surface area contributed by atoms with Crippen molar-refractivity contribution < 1.29 is 4.52 Å². The first kappa shape index (κ1) is 10.6. The molecule has 0 amide bonds. The molecule has 88 valence electrons. The SMILES string of the molecule is C1CCC(c2nc(C3CCNC3)no2)SC1. The molecule has 1 aromatic rings. The van der Waals surface area contributed by atoms with Crippen molar-refractivity contribution in [2.75, 3.05) is 18.8 Å². The van der Waals surface area contributed by atoms with Gasteiger partial charge in [-0.15, -0.1) is 11.8 Å². The van der Waals surface area contributed by atoms with Gasteiger partial charge in [-0.05, 0) is 31.6 Å². The Balaban J connectivity index is 1.71. The number of nitrogens with one attached hydrogen (secondary N) is 1. The lowest BCUT2D eigenvalue weighted by Crippen LogP contribution is -2.09. The molecule has 0 saturated carbocycles. The summed E-state index contributed by atoms with van der Waals surface area (Å²) in [5, 5.41) is 7.92. The smallest absolute Gasteiger partial charge is 0.239 e. The highest BCUT2D eigenvalue weighted by atomic mass is 32.2. The lowest BCUT2D eigenvalue weighted by atomic mass is 10.1. The zero-order valence-electron chi connectivity index (χ0n) is 9.32. The van der Waals surface area contributed by atoms with E-state index >= 15 is 0 Å². The van der Waals surface area contributed by atoms with Crippen molar-refractivity contribution in [1.82, 2.24) is 15.5 Å². The number of hydrogen-bond donors (Lipinski definition) is 1. The maximum Gasteiger partial charge on any atom is 0.239 e. The topological polar surface area (TPSA) is 51.0 Å². The van der Waals surface area contributed by atoms with E-state index in [1.807, 2.05) is 11.8 Å². The van der Waals surface area contributed by atoms with Gasteiger partial charge in [0.05, 0.1) is 5.25 Å². The predicted molar refractivity (Wildman–Crippen MR) is 63.6 cm³/mol. The fourth-order valence-corrected chi connectivity index (χ4v) is 3.58. The molecule has 3 heterocycles. The van der Waals surface area contributed by atoms with Crippen LogP contribution >= 0.6 is 11.8 Å². The Morgan fingerprint density at radius 3 is 3.06 bits per heavy atom. The third-order valence-electron chi connectivity index (χ3n) is 3.34. The highest BCUT2D eigenvalue weighted by Gasteiger charge is 2.26. The Morgan fingerprint density at radius 1 is 1.31 bits per heavy atom. The standard InChI is InChI=1S/C11H17N3OS/c1-2-6-16-9(3-1)11-13-10(14-15-11)8-4-5-12-7-8/h8-9,12H,1-7H2. The van der Waals surface area contributed by atoms with E-state index in [9.17, 15) is 0 Å². The number of aromatic nitrogens is 2. The second-order valence-electron chi connectivity index (χ2n) is 4.54. The molecule has 4 nitrogen and oxygen atoms in total. The van der Waals surface area contributed by atoms with Gasteiger partial charge in [0.15, 0.2) is 5.82 Å². The van der Waals surface area contributed by atoms with E-state index in [0.717, 1.165) is 31.2 Å². The van der Waals surface area contributed by atoms with Crippen molar-refractivity contribution in [1.29, 1.82) is 0 Å². The van der Waals surface area contributed by atoms with Crippen LogP contribution in [0.15, 0.2) is 4.52 Å². The monoisotopic (exact) mass is 239 g/mol. The van der Waals surface area contributed by atoms with Gasteiger partial charge in [-0.1, -0.05) is 11.6 Å². The molecule has 2 atom stereocenters. The van der Waals surface area contributed by atoms with Crippen LogP contribution in [0.1, 0.15) is 48.6 Å². The van der Waals surface area contributed by atoms with E-state index in [0.29, 0.717) is 11.2 Å². The van der Waals surface area contributed by atoms with Crippen molar-refractivity contribution in [2.24, 2.45) is 0 Å². The van der Waals surface area contributed by atoms with Crippen LogP contribution in [-0.4, -0.2) is 29.0 Å². The summed E-state index contributed by atoms with van der Waals surface area (Å²) >= 11 is 1.96. The Hall–Kier alpha value is -0.550. The van der Waals surface area contributed by atoms with Gasteiger partial charge in [-0.25, -0.2) is 0 Å². The molecule has 0 radical (unpaired) electrons. The number of rotatable bonds is 2. The van der Waals surface area contributed by atoms with Crippen molar-refractivity contribution in [3.8, 4) is 0 Å². The van der Waals surface area contributed by atoms with E-state index < -0.39 is 0 Å². The Bertz CT molecular complexity index is 343. The minimum atomic E-state index is 0.448. The summed E-state index contributed by atoms with van der Waals surface area (Å²) in [7, 11) is 0. The van der Waals surface area contributed by atoms with Crippen molar-refractivity contribution in [3.63, 3.8) is 0 Å². The summed E-state index contributed by atoms with van der Waals surface area (Å²) in [5.41, 5.74) is 0. The molecule has 2 unspecified atom stereocenters. The average Bonchev–Trinajstić information content (AvgIpc) is 3.01. The van der Waals surface area contributed by atoms with Gasteiger partial charge in [0.1, 0.15) is 0 Å². The quantitative estimate of drug-likeness (QED) is 0.856. The molecule has 0 aromatic carbocycles. The van der Waals surface area contributed by atoms with E-state index in [1.54, 1.807) is 0 Å². The van der Waals surface area contributed by atoms with Gasteiger partial charge in [-0.3, -0.25) is 0 Å². The molecule has 5 heteroatoms. The Morgan fingerprint density at radius 2 is 2.31 bits per heavy atom. The van der Waals surface area contributed by atoms with E-state index in [1.165, 1.54) is 25.0 Å². The Labute approximate surface area is 99.6 Å². The normalized spacial score (nSPS) is 30.8. The highest BCUT2D eigenvalue weighted by Crippen LogP contribution is 2.37. The van der Waals surface area contributed by atoms with Crippen LogP contribution in [0.3, 0.4) is 0 Å². The first-order valence-electron chi connectivity index (χ1n) is 6.09. The van der Waals surface area contributed by atoms with Crippen LogP contribution in [0.5, 0.6) is 0 Å². The zero-order chi connectivity index (χ0) is 10.8. The zero-order valence-corrected chi connectivity index (χ0v) is 10.1. The second kappa shape index (κ2) is 4.75. The summed E-state index contributed by atoms with van der Waals surface area (Å²) in [6.07, 6.45) is 4.95. The maximum absolute atomic E-state index is 5.41. The molecule has 0 spiro atoms. The van der Waals surface area contributed by atoms with Crippen LogP contribution < -0.4 is 5.32 Å². The molecule has 0 aliphatic carbocycles. The average molecular weight is 239 g/mol. The van der Waals surface area contributed by atoms with Crippen LogP contribution in [0.25, 0.3) is 0 Å². The van der Waals surface area contributed by atoms with Crippen LogP contribution in [0.2, 0.25) is 0 Å². The molecule has 0 bridgehead atoms. The third kappa shape index (κ3) is 2.11. The van der Waals surface area contributed by atoms with Gasteiger partial charge < -0.3 is 9.84 Å². The molecular formula is C11H17N3OS. The highest BCUT2D eigenvalue weighted by molar-refractivity contribution is 7.99. The van der Waals surface area contributed by atoms with Crippen molar-refractivity contribution in [2.45, 2.75) is 36.9 Å². The molecule has 2 fully saturated rings. The predicted octanol–water partition coefficient (Wildman–Crippen LogP) is 2.10. The first-order chi connectivity index (χ1) is 7.93. The molecule has 1 aromatic heterocycles. The summed E-state index contributed by atoms with van der Waals surface area (Å²) in [4.78, 5) is 4.58. The van der Waals surface area contributed by atoms with Gasteiger partial charge in [0.25, 0.3) is 0 Å². The minimum Gasteiger partial charge on any atom is -0.338 e. The molecule has 2 saturated heterocycles. The fourth-order valence-electron chi connectivity index (χ4n) is 2.35. The fraction of sp³-hybridized carbons (Fsp3) is 0.818. The molecule has 3 rings (SSSR count). The number of hydrogen-bond acceptors (Lipinski definition) is 5. The van der Waals surface area contributed by atoms with Gasteiger partial charge in [0.2, 0.25) is 5.89 Å². The van der Waals surface area contributed by atoms with Gasteiger partial charge >= 0.3 is 0 Å². The lowest BCUT2D eigenvalue weighted by molar-refractivity contribution is 0.363. The summed E-state index contributed by atoms with van der Waals surface area (Å²) in [5.74, 6) is 3.46. The second-order valence-corrected chi connectivity index (χ2v) is 5.85. The molecule has 2 aliphatic rings. The largest absolute Gasteiger partial charge is 0.338 e. The minimum absolute atomic E-state index is 0.448. The Kier molecular flexibility index (Phi) is 3.15. The van der Waals surface area contributed by atoms with Gasteiger partial charge in [-0.2, -0.15) is 4.98 Å². The van der Waals surface area contributed by atoms with Crippen molar-refractivity contribution in [3.05, 3.63) is 11.7 Å². The van der Waals surface area contributed by atoms with Crippen LogP contribution in [0.4, 0.5) is 0 Å². The maximum atomic E-state index is 5.41. The molecular weight excluding hydrogens is 222 g/mol. The van der Waals surface area contributed by atoms with E-state index in [2.05, 4.69) is 15.5 Å². The third-order valence-corrected chi connectivity index (χ3v) is 4.70. The molecule has 16 heavy (non-hydrogen) atoms. The molecule has 1 N–H and O–H groups in total. The van der Waals surface area contributed by atoms with E-state index in [-0.39, 0.29) is 0 Å². The van der Waals surface area contributed by atoms with Crippen molar-refractivity contribution >= 4 is 11.8 Å². The van der Waals surface area contributed by atoms with Crippen LogP contribution in [0, 0.1) is 0 Å². The number of thioether (sulfide) groups is 1. The summed E-state index contributed by atoms with van der Waals surface area (Å²) in [6.45, 7) is 2.07. The van der Waals surface area contributed by atoms with Crippen LogP contribution in [-0.2, 0) is 0 Å².